The summed E-state index contributed by atoms with van der Waals surface area (Å²) in [5, 5.41) is 8.09. The van der Waals surface area contributed by atoms with E-state index in [-0.39, 0.29) is 5.56 Å². The number of phenols is 1. The lowest BCUT2D eigenvalue weighted by molar-refractivity contribution is 0.305. The van der Waals surface area contributed by atoms with E-state index >= 15 is 0 Å². The van der Waals surface area contributed by atoms with E-state index in [4.69, 9.17) is 4.55 Å². The normalized spacial score (nSPS) is 13.7. The maximum absolute atomic E-state index is 11.6. The van der Waals surface area contributed by atoms with Gasteiger partial charge >= 0.3 is 15.2 Å². The summed E-state index contributed by atoms with van der Waals surface area (Å²) in [7, 11) is -15.8. The largest absolute Gasteiger partial charge is 0.508 e. The number of hydrogen-bond acceptors (Lipinski definition) is 6. The third-order valence-electron chi connectivity index (χ3n) is 3.03. The molecule has 0 saturated carbocycles. The highest BCUT2D eigenvalue weighted by atomic mass is 32.2. The standard InChI is InChI=1S/C10H15NO10P2S/c1-2-10(22(13,14)15,23(16,17)18)11-6-7-5-8(12)3-4-9(7)24(19,20)21/h2-5,11-12H,1,6H2,(H2,13,14,15)(H2,16,17,18)(H,19,20,21). The second-order valence-electron chi connectivity index (χ2n) is 4.64. The predicted octanol–water partition coefficient (Wildman–Crippen LogP) is -0.0763. The van der Waals surface area contributed by atoms with Gasteiger partial charge in [0.15, 0.2) is 0 Å². The Bertz CT molecular complexity index is 817. The molecule has 0 amide bonds. The Morgan fingerprint density at radius 3 is 2.04 bits per heavy atom. The van der Waals surface area contributed by atoms with Gasteiger partial charge in [0, 0.05) is 6.54 Å². The Balaban J connectivity index is 3.42. The van der Waals surface area contributed by atoms with Gasteiger partial charge in [0.2, 0.25) is 5.02 Å². The Kier molecular flexibility index (Phi) is 5.84. The van der Waals surface area contributed by atoms with E-state index < -0.39 is 47.5 Å². The van der Waals surface area contributed by atoms with Crippen molar-refractivity contribution in [1.82, 2.24) is 5.32 Å². The second kappa shape index (κ2) is 6.68. The molecule has 0 fully saturated rings. The summed E-state index contributed by atoms with van der Waals surface area (Å²) >= 11 is 0. The third-order valence-corrected chi connectivity index (χ3v) is 8.01. The van der Waals surface area contributed by atoms with Crippen LogP contribution in [0.3, 0.4) is 0 Å². The molecule has 14 heteroatoms. The van der Waals surface area contributed by atoms with Crippen molar-refractivity contribution in [1.29, 1.82) is 0 Å². The van der Waals surface area contributed by atoms with Crippen LogP contribution in [0.25, 0.3) is 0 Å². The first-order chi connectivity index (χ1) is 10.7. The van der Waals surface area contributed by atoms with Gasteiger partial charge in [-0.15, -0.1) is 0 Å². The maximum atomic E-state index is 11.6. The van der Waals surface area contributed by atoms with Crippen LogP contribution in [-0.2, 0) is 25.8 Å². The molecule has 0 spiro atoms. The maximum Gasteiger partial charge on any atom is 0.361 e. The van der Waals surface area contributed by atoms with Gasteiger partial charge in [0.05, 0.1) is 4.90 Å². The molecule has 0 heterocycles. The van der Waals surface area contributed by atoms with Crippen LogP contribution in [0.4, 0.5) is 0 Å². The van der Waals surface area contributed by atoms with E-state index in [1.165, 1.54) is 0 Å². The SMILES string of the molecule is C=CC(NCc1cc(O)ccc1S(=O)(=O)O)(P(=O)(O)O)P(=O)(O)O. The van der Waals surface area contributed by atoms with Crippen LogP contribution < -0.4 is 5.32 Å². The quantitative estimate of drug-likeness (QED) is 0.182. The monoisotopic (exact) mass is 403 g/mol. The van der Waals surface area contributed by atoms with E-state index in [9.17, 15) is 42.2 Å². The molecule has 1 aromatic rings. The van der Waals surface area contributed by atoms with Crippen LogP contribution in [-0.4, -0.2) is 42.7 Å². The topological polar surface area (TPSA) is 202 Å². The van der Waals surface area contributed by atoms with Gasteiger partial charge in [-0.25, -0.2) is 0 Å². The summed E-state index contributed by atoms with van der Waals surface area (Å²) in [5.74, 6) is -0.448. The summed E-state index contributed by atoms with van der Waals surface area (Å²) in [6.45, 7) is 2.18. The van der Waals surface area contributed by atoms with Gasteiger partial charge in [0.1, 0.15) is 5.75 Å². The first-order valence-corrected chi connectivity index (χ1v) is 10.6. The minimum absolute atomic E-state index is 0.324. The van der Waals surface area contributed by atoms with Crippen LogP contribution >= 0.6 is 15.2 Å². The van der Waals surface area contributed by atoms with Gasteiger partial charge in [-0.05, 0) is 29.8 Å². The minimum Gasteiger partial charge on any atom is -0.508 e. The molecule has 0 aliphatic rings. The average Bonchev–Trinajstić information content (AvgIpc) is 2.35. The zero-order chi connectivity index (χ0) is 19.0. The molecular weight excluding hydrogens is 388 g/mol. The molecule has 0 unspecified atom stereocenters. The highest BCUT2D eigenvalue weighted by Gasteiger charge is 2.58. The van der Waals surface area contributed by atoms with Crippen molar-refractivity contribution in [2.24, 2.45) is 0 Å². The Labute approximate surface area is 136 Å². The molecule has 11 nitrogen and oxygen atoms in total. The van der Waals surface area contributed by atoms with Crippen molar-refractivity contribution in [2.45, 2.75) is 16.5 Å². The number of phenolic OH excluding ortho intramolecular Hbond substituents is 1. The first-order valence-electron chi connectivity index (χ1n) is 5.95. The molecular formula is C10H15NO10P2S. The highest BCUT2D eigenvalue weighted by Crippen LogP contribution is 2.68. The molecule has 1 aromatic carbocycles. The number of benzene rings is 1. The van der Waals surface area contributed by atoms with Crippen molar-refractivity contribution < 1.29 is 46.8 Å². The van der Waals surface area contributed by atoms with E-state index in [2.05, 4.69) is 6.58 Å². The average molecular weight is 403 g/mol. The molecule has 0 aliphatic carbocycles. The fraction of sp³-hybridized carbons (Fsp3) is 0.200. The molecule has 0 atom stereocenters. The molecule has 0 aromatic heterocycles. The van der Waals surface area contributed by atoms with E-state index in [0.717, 1.165) is 18.2 Å². The van der Waals surface area contributed by atoms with Gasteiger partial charge in [-0.2, -0.15) is 8.42 Å². The first kappa shape index (κ1) is 21.0. The summed E-state index contributed by atoms with van der Waals surface area (Å²) < 4.78 is 54.8. The second-order valence-corrected chi connectivity index (χ2v) is 9.97. The van der Waals surface area contributed by atoms with Crippen LogP contribution in [0.2, 0.25) is 0 Å². The lowest BCUT2D eigenvalue weighted by atomic mass is 10.2. The number of rotatable bonds is 7. The number of aromatic hydroxyl groups is 1. The van der Waals surface area contributed by atoms with E-state index in [1.807, 2.05) is 5.32 Å². The highest BCUT2D eigenvalue weighted by molar-refractivity contribution is 7.85. The zero-order valence-electron chi connectivity index (χ0n) is 11.8. The molecule has 0 radical (unpaired) electrons. The molecule has 1 rings (SSSR count). The molecule has 0 aliphatic heterocycles. The molecule has 136 valence electrons. The number of nitrogens with one attached hydrogen (secondary N) is 1. The van der Waals surface area contributed by atoms with Gasteiger partial charge in [0.25, 0.3) is 10.1 Å². The van der Waals surface area contributed by atoms with Gasteiger partial charge < -0.3 is 24.7 Å². The molecule has 0 saturated heterocycles. The lowest BCUT2D eigenvalue weighted by Gasteiger charge is -2.32. The van der Waals surface area contributed by atoms with Crippen LogP contribution in [0.15, 0.2) is 35.7 Å². The Morgan fingerprint density at radius 2 is 1.67 bits per heavy atom. The van der Waals surface area contributed by atoms with Gasteiger partial charge in [-0.1, -0.05) is 6.58 Å². The van der Waals surface area contributed by atoms with Crippen LogP contribution in [0.1, 0.15) is 5.56 Å². The van der Waals surface area contributed by atoms with Crippen molar-refractivity contribution in [3.8, 4) is 5.75 Å². The fourth-order valence-corrected chi connectivity index (χ4v) is 4.97. The fourth-order valence-electron chi connectivity index (χ4n) is 1.87. The summed E-state index contributed by atoms with van der Waals surface area (Å²) in [6.07, 6.45) is 0.324. The third kappa shape index (κ3) is 4.12. The van der Waals surface area contributed by atoms with Crippen molar-refractivity contribution >= 4 is 25.3 Å². The molecule has 0 bridgehead atoms. The van der Waals surface area contributed by atoms with E-state index in [1.54, 1.807) is 0 Å². The summed E-state index contributed by atoms with van der Waals surface area (Å²) in [4.78, 5) is 36.5. The van der Waals surface area contributed by atoms with Crippen LogP contribution in [0, 0.1) is 0 Å². The van der Waals surface area contributed by atoms with Crippen molar-refractivity contribution in [3.05, 3.63) is 36.4 Å². The van der Waals surface area contributed by atoms with Gasteiger partial charge in [-0.3, -0.25) is 19.0 Å². The molecule has 24 heavy (non-hydrogen) atoms. The molecule has 7 N–H and O–H groups in total. The summed E-state index contributed by atoms with van der Waals surface area (Å²) in [6, 6.07) is 2.58. The minimum atomic E-state index is -5.50. The van der Waals surface area contributed by atoms with Crippen molar-refractivity contribution in [3.63, 3.8) is 0 Å². The Hall–Kier alpha value is -1.07. The predicted molar refractivity (Wildman–Crippen MR) is 81.8 cm³/mol. The summed E-state index contributed by atoms with van der Waals surface area (Å²) in [5.41, 5.74) is -0.384. The van der Waals surface area contributed by atoms with Crippen LogP contribution in [0.5, 0.6) is 5.75 Å². The zero-order valence-corrected chi connectivity index (χ0v) is 14.4. The van der Waals surface area contributed by atoms with E-state index in [0.29, 0.717) is 6.08 Å². The number of hydrogen-bond donors (Lipinski definition) is 7. The smallest absolute Gasteiger partial charge is 0.361 e. The lowest BCUT2D eigenvalue weighted by Crippen LogP contribution is -2.42. The Morgan fingerprint density at radius 1 is 1.17 bits per heavy atom. The van der Waals surface area contributed by atoms with Crippen molar-refractivity contribution in [2.75, 3.05) is 0 Å².